The summed E-state index contributed by atoms with van der Waals surface area (Å²) in [7, 11) is 0. The molecule has 0 aliphatic heterocycles. The molecule has 0 bridgehead atoms. The smallest absolute Gasteiger partial charge is 0.132 e. The minimum Gasteiger partial charge on any atom is -0.365 e. The normalized spacial score (nSPS) is 13.3. The standard InChI is InChI=1S/C20H22O3/c1-15(21)13-19(17-9-5-3-6-10-17)23-20(14-16(2)22)18-11-7-4-8-12-18/h3-12,19-20H,13-14H2,1-2H3. The van der Waals surface area contributed by atoms with Gasteiger partial charge in [0.2, 0.25) is 0 Å². The highest BCUT2D eigenvalue weighted by molar-refractivity contribution is 5.77. The van der Waals surface area contributed by atoms with Gasteiger partial charge in [-0.1, -0.05) is 60.7 Å². The Balaban J connectivity index is 2.26. The molecule has 2 unspecified atom stereocenters. The fourth-order valence-electron chi connectivity index (χ4n) is 2.54. The van der Waals surface area contributed by atoms with Gasteiger partial charge in [0.1, 0.15) is 11.6 Å². The molecule has 2 aromatic carbocycles. The van der Waals surface area contributed by atoms with Gasteiger partial charge in [-0.2, -0.15) is 0 Å². The largest absolute Gasteiger partial charge is 0.365 e. The van der Waals surface area contributed by atoms with Gasteiger partial charge in [-0.05, 0) is 25.0 Å². The number of Topliss-reactive ketones (excluding diaryl/α,β-unsaturated/α-hetero) is 2. The van der Waals surface area contributed by atoms with Gasteiger partial charge in [0.25, 0.3) is 0 Å². The number of hydrogen-bond acceptors (Lipinski definition) is 3. The summed E-state index contributed by atoms with van der Waals surface area (Å²) in [5.41, 5.74) is 1.90. The number of ether oxygens (including phenoxy) is 1. The minimum atomic E-state index is -0.349. The first kappa shape index (κ1) is 17.1. The van der Waals surface area contributed by atoms with E-state index < -0.39 is 0 Å². The van der Waals surface area contributed by atoms with Crippen LogP contribution in [0.3, 0.4) is 0 Å². The molecule has 0 aliphatic carbocycles. The van der Waals surface area contributed by atoms with E-state index in [1.165, 1.54) is 0 Å². The number of benzene rings is 2. The zero-order valence-electron chi connectivity index (χ0n) is 13.6. The van der Waals surface area contributed by atoms with E-state index in [0.717, 1.165) is 11.1 Å². The average molecular weight is 310 g/mol. The molecular weight excluding hydrogens is 288 g/mol. The summed E-state index contributed by atoms with van der Waals surface area (Å²) in [4.78, 5) is 23.2. The van der Waals surface area contributed by atoms with E-state index >= 15 is 0 Å². The van der Waals surface area contributed by atoms with Gasteiger partial charge in [-0.25, -0.2) is 0 Å². The lowest BCUT2D eigenvalue weighted by Gasteiger charge is -2.24. The quantitative estimate of drug-likeness (QED) is 0.724. The Labute approximate surface area is 137 Å². The molecule has 0 fully saturated rings. The van der Waals surface area contributed by atoms with Crippen LogP contribution in [0, 0.1) is 0 Å². The molecule has 120 valence electrons. The van der Waals surface area contributed by atoms with Crippen molar-refractivity contribution in [1.29, 1.82) is 0 Å². The maximum Gasteiger partial charge on any atom is 0.132 e. The molecule has 0 saturated carbocycles. The zero-order chi connectivity index (χ0) is 16.7. The van der Waals surface area contributed by atoms with Gasteiger partial charge in [0.15, 0.2) is 0 Å². The van der Waals surface area contributed by atoms with Crippen molar-refractivity contribution in [1.82, 2.24) is 0 Å². The van der Waals surface area contributed by atoms with Crippen LogP contribution in [0.2, 0.25) is 0 Å². The fraction of sp³-hybridized carbons (Fsp3) is 0.300. The Bertz CT molecular complexity index is 577. The first-order chi connectivity index (χ1) is 11.1. The SMILES string of the molecule is CC(=O)CC(OC(CC(C)=O)c1ccccc1)c1ccccc1. The topological polar surface area (TPSA) is 43.4 Å². The highest BCUT2D eigenvalue weighted by Crippen LogP contribution is 2.31. The maximum atomic E-state index is 11.6. The lowest BCUT2D eigenvalue weighted by Crippen LogP contribution is -2.15. The first-order valence-corrected chi connectivity index (χ1v) is 7.80. The number of carbonyl (C=O) groups is 2. The molecular formula is C20H22O3. The number of carbonyl (C=O) groups excluding carboxylic acids is 2. The molecule has 0 amide bonds. The molecule has 2 atom stereocenters. The van der Waals surface area contributed by atoms with Crippen LogP contribution in [-0.4, -0.2) is 11.6 Å². The van der Waals surface area contributed by atoms with Gasteiger partial charge >= 0.3 is 0 Å². The fourth-order valence-corrected chi connectivity index (χ4v) is 2.54. The third-order valence-corrected chi connectivity index (χ3v) is 3.62. The van der Waals surface area contributed by atoms with E-state index in [-0.39, 0.29) is 23.8 Å². The van der Waals surface area contributed by atoms with Crippen molar-refractivity contribution >= 4 is 11.6 Å². The van der Waals surface area contributed by atoms with Crippen molar-refractivity contribution in [2.75, 3.05) is 0 Å². The van der Waals surface area contributed by atoms with Gasteiger partial charge in [-0.3, -0.25) is 9.59 Å². The number of hydrogen-bond donors (Lipinski definition) is 0. The van der Waals surface area contributed by atoms with Crippen LogP contribution in [0.4, 0.5) is 0 Å². The highest BCUT2D eigenvalue weighted by atomic mass is 16.5. The van der Waals surface area contributed by atoms with Crippen molar-refractivity contribution in [2.45, 2.75) is 38.9 Å². The Morgan fingerprint density at radius 2 is 1.09 bits per heavy atom. The van der Waals surface area contributed by atoms with E-state index in [1.54, 1.807) is 13.8 Å². The first-order valence-electron chi connectivity index (χ1n) is 7.80. The Morgan fingerprint density at radius 1 is 0.739 bits per heavy atom. The molecule has 0 aromatic heterocycles. The van der Waals surface area contributed by atoms with Crippen LogP contribution in [0.5, 0.6) is 0 Å². The molecule has 0 aliphatic rings. The van der Waals surface area contributed by atoms with Crippen LogP contribution in [0.25, 0.3) is 0 Å². The van der Waals surface area contributed by atoms with Crippen LogP contribution in [0.1, 0.15) is 50.0 Å². The van der Waals surface area contributed by atoms with E-state index in [1.807, 2.05) is 60.7 Å². The lowest BCUT2D eigenvalue weighted by atomic mass is 10.0. The molecule has 2 rings (SSSR count). The van der Waals surface area contributed by atoms with Crippen molar-refractivity contribution in [2.24, 2.45) is 0 Å². The lowest BCUT2D eigenvalue weighted by molar-refractivity contribution is -0.124. The summed E-state index contributed by atoms with van der Waals surface area (Å²) in [6, 6.07) is 19.3. The van der Waals surface area contributed by atoms with Crippen molar-refractivity contribution < 1.29 is 14.3 Å². The van der Waals surface area contributed by atoms with Gasteiger partial charge in [-0.15, -0.1) is 0 Å². The third-order valence-electron chi connectivity index (χ3n) is 3.62. The van der Waals surface area contributed by atoms with Crippen LogP contribution < -0.4 is 0 Å². The third kappa shape index (κ3) is 5.46. The number of ketones is 2. The molecule has 2 aromatic rings. The summed E-state index contributed by atoms with van der Waals surface area (Å²) in [5.74, 6) is 0.127. The average Bonchev–Trinajstić information content (AvgIpc) is 2.54. The van der Waals surface area contributed by atoms with E-state index in [0.29, 0.717) is 12.8 Å². The summed E-state index contributed by atoms with van der Waals surface area (Å²) >= 11 is 0. The summed E-state index contributed by atoms with van der Waals surface area (Å²) < 4.78 is 6.20. The second-order valence-electron chi connectivity index (χ2n) is 5.75. The monoisotopic (exact) mass is 310 g/mol. The molecule has 3 nitrogen and oxygen atoms in total. The van der Waals surface area contributed by atoms with Crippen molar-refractivity contribution in [3.63, 3.8) is 0 Å². The second kappa shape index (κ2) is 8.39. The highest BCUT2D eigenvalue weighted by Gasteiger charge is 2.22. The van der Waals surface area contributed by atoms with Crippen molar-refractivity contribution in [3.05, 3.63) is 71.8 Å². The Kier molecular flexibility index (Phi) is 6.24. The number of rotatable bonds is 8. The molecule has 0 heterocycles. The molecule has 0 spiro atoms. The molecule has 0 saturated heterocycles. The van der Waals surface area contributed by atoms with E-state index in [4.69, 9.17) is 4.74 Å². The van der Waals surface area contributed by atoms with Gasteiger partial charge in [0, 0.05) is 12.8 Å². The maximum absolute atomic E-state index is 11.6. The van der Waals surface area contributed by atoms with Crippen LogP contribution in [-0.2, 0) is 14.3 Å². The molecule has 0 radical (unpaired) electrons. The molecule has 23 heavy (non-hydrogen) atoms. The van der Waals surface area contributed by atoms with Crippen LogP contribution in [0.15, 0.2) is 60.7 Å². The second-order valence-corrected chi connectivity index (χ2v) is 5.75. The van der Waals surface area contributed by atoms with Gasteiger partial charge < -0.3 is 4.74 Å². The Hall–Kier alpha value is -2.26. The zero-order valence-corrected chi connectivity index (χ0v) is 13.6. The Morgan fingerprint density at radius 3 is 1.39 bits per heavy atom. The van der Waals surface area contributed by atoms with Gasteiger partial charge in [0.05, 0.1) is 12.2 Å². The predicted octanol–water partition coefficient (Wildman–Crippen LogP) is 4.44. The van der Waals surface area contributed by atoms with E-state index in [9.17, 15) is 9.59 Å². The van der Waals surface area contributed by atoms with Crippen LogP contribution >= 0.6 is 0 Å². The molecule has 0 N–H and O–H groups in total. The summed E-state index contributed by atoms with van der Waals surface area (Å²) in [6.45, 7) is 3.11. The summed E-state index contributed by atoms with van der Waals surface area (Å²) in [6.07, 6.45) is -0.104. The summed E-state index contributed by atoms with van der Waals surface area (Å²) in [5, 5.41) is 0. The minimum absolute atomic E-state index is 0.0634. The van der Waals surface area contributed by atoms with Crippen molar-refractivity contribution in [3.8, 4) is 0 Å². The van der Waals surface area contributed by atoms with E-state index in [2.05, 4.69) is 0 Å². The predicted molar refractivity (Wildman–Crippen MR) is 90.0 cm³/mol. The molecule has 3 heteroatoms.